The van der Waals surface area contributed by atoms with E-state index in [0.717, 1.165) is 12.1 Å². The molecule has 0 radical (unpaired) electrons. The smallest absolute Gasteiger partial charge is 0.338 e. The highest BCUT2D eigenvalue weighted by atomic mass is 19.1. The van der Waals surface area contributed by atoms with Crippen molar-refractivity contribution in [2.45, 2.75) is 6.92 Å². The molecule has 4 nitrogen and oxygen atoms in total. The first-order valence-corrected chi connectivity index (χ1v) is 6.64. The average Bonchev–Trinajstić information content (AvgIpc) is 2.47. The maximum atomic E-state index is 13.5. The van der Waals surface area contributed by atoms with Gasteiger partial charge in [0.15, 0.2) is 0 Å². The molecule has 0 spiro atoms. The third-order valence-electron chi connectivity index (χ3n) is 3.61. The number of carboxylic acids is 1. The molecule has 0 bridgehead atoms. The van der Waals surface area contributed by atoms with Gasteiger partial charge in [0.1, 0.15) is 5.82 Å². The molecule has 0 unspecified atom stereocenters. The van der Waals surface area contributed by atoms with E-state index in [1.54, 1.807) is 37.3 Å². The summed E-state index contributed by atoms with van der Waals surface area (Å²) in [4.78, 5) is 24.3. The van der Waals surface area contributed by atoms with Crippen LogP contribution >= 0.6 is 0 Å². The van der Waals surface area contributed by atoms with Crippen LogP contribution in [0.2, 0.25) is 0 Å². The highest BCUT2D eigenvalue weighted by Crippen LogP contribution is 2.22. The third-order valence-corrected chi connectivity index (χ3v) is 3.61. The van der Waals surface area contributed by atoms with E-state index in [1.165, 1.54) is 10.6 Å². The zero-order chi connectivity index (χ0) is 15.9. The van der Waals surface area contributed by atoms with E-state index < -0.39 is 11.8 Å². The van der Waals surface area contributed by atoms with Crippen molar-refractivity contribution in [1.29, 1.82) is 0 Å². The van der Waals surface area contributed by atoms with Crippen molar-refractivity contribution in [2.75, 3.05) is 0 Å². The minimum atomic E-state index is -1.20. The van der Waals surface area contributed by atoms with Crippen molar-refractivity contribution in [3.05, 3.63) is 76.0 Å². The van der Waals surface area contributed by atoms with Crippen molar-refractivity contribution in [3.63, 3.8) is 0 Å². The van der Waals surface area contributed by atoms with Gasteiger partial charge in [-0.1, -0.05) is 18.2 Å². The number of hydrogen-bond acceptors (Lipinski definition) is 2. The second-order valence-electron chi connectivity index (χ2n) is 4.93. The van der Waals surface area contributed by atoms with Crippen LogP contribution in [0.4, 0.5) is 4.39 Å². The van der Waals surface area contributed by atoms with Gasteiger partial charge in [0.05, 0.1) is 5.56 Å². The summed E-state index contributed by atoms with van der Waals surface area (Å²) in [5, 5.41) is 9.77. The number of fused-ring (bicyclic) bond motifs is 1. The van der Waals surface area contributed by atoms with Gasteiger partial charge in [-0.15, -0.1) is 0 Å². The SMILES string of the molecule is Cc1c(C(=O)O)c2cc(F)ccc2c(=O)n1-c1ccccc1. The van der Waals surface area contributed by atoms with E-state index >= 15 is 0 Å². The minimum absolute atomic E-state index is 0.0713. The Labute approximate surface area is 125 Å². The number of aromatic nitrogens is 1. The second-order valence-corrected chi connectivity index (χ2v) is 4.93. The summed E-state index contributed by atoms with van der Waals surface area (Å²) >= 11 is 0. The molecule has 1 N–H and O–H groups in total. The van der Waals surface area contributed by atoms with E-state index in [0.29, 0.717) is 5.69 Å². The molecule has 0 aliphatic carbocycles. The van der Waals surface area contributed by atoms with Gasteiger partial charge in [-0.2, -0.15) is 0 Å². The average molecular weight is 297 g/mol. The standard InChI is InChI=1S/C17H12FNO3/c1-10-15(17(21)22)14-9-11(18)7-8-13(14)16(20)19(10)12-5-3-2-4-6-12/h2-9H,1H3,(H,21,22). The first-order chi connectivity index (χ1) is 10.5. The summed E-state index contributed by atoms with van der Waals surface area (Å²) in [6.07, 6.45) is 0. The maximum Gasteiger partial charge on any atom is 0.338 e. The molecule has 5 heteroatoms. The molecule has 0 fully saturated rings. The lowest BCUT2D eigenvalue weighted by molar-refractivity contribution is 0.0697. The predicted molar refractivity (Wildman–Crippen MR) is 81.2 cm³/mol. The van der Waals surface area contributed by atoms with Crippen molar-refractivity contribution in [1.82, 2.24) is 4.57 Å². The van der Waals surface area contributed by atoms with E-state index in [1.807, 2.05) is 0 Å². The number of benzene rings is 2. The molecule has 1 aromatic heterocycles. The second kappa shape index (κ2) is 5.11. The number of halogens is 1. The summed E-state index contributed by atoms with van der Waals surface area (Å²) in [6.45, 7) is 1.54. The van der Waals surface area contributed by atoms with Gasteiger partial charge in [0.2, 0.25) is 0 Å². The van der Waals surface area contributed by atoms with E-state index in [2.05, 4.69) is 0 Å². The van der Waals surface area contributed by atoms with Gasteiger partial charge in [0.25, 0.3) is 5.56 Å². The Hall–Kier alpha value is -2.95. The van der Waals surface area contributed by atoms with E-state index in [9.17, 15) is 19.1 Å². The molecule has 22 heavy (non-hydrogen) atoms. The molecule has 1 heterocycles. The lowest BCUT2D eigenvalue weighted by Crippen LogP contribution is -2.24. The number of rotatable bonds is 2. The van der Waals surface area contributed by atoms with E-state index in [-0.39, 0.29) is 27.6 Å². The lowest BCUT2D eigenvalue weighted by Gasteiger charge is -2.15. The summed E-state index contributed by atoms with van der Waals surface area (Å²) in [6, 6.07) is 12.3. The van der Waals surface area contributed by atoms with Crippen LogP contribution in [-0.4, -0.2) is 15.6 Å². The quantitative estimate of drug-likeness (QED) is 0.790. The van der Waals surface area contributed by atoms with Crippen LogP contribution in [0, 0.1) is 12.7 Å². The summed E-state index contributed by atoms with van der Waals surface area (Å²) < 4.78 is 14.8. The molecule has 0 aliphatic rings. The molecule has 3 rings (SSSR count). The Balaban J connectivity index is 2.53. The molecule has 2 aromatic carbocycles. The molecular formula is C17H12FNO3. The van der Waals surface area contributed by atoms with Crippen molar-refractivity contribution >= 4 is 16.7 Å². The Bertz CT molecular complexity index is 946. The van der Waals surface area contributed by atoms with Crippen LogP contribution in [0.3, 0.4) is 0 Å². The number of carbonyl (C=O) groups is 1. The summed E-state index contributed by atoms with van der Waals surface area (Å²) in [5.41, 5.74) is 0.391. The van der Waals surface area contributed by atoms with E-state index in [4.69, 9.17) is 0 Å². The molecule has 0 saturated carbocycles. The Kier molecular flexibility index (Phi) is 3.25. The fourth-order valence-corrected chi connectivity index (χ4v) is 2.65. The van der Waals surface area contributed by atoms with Gasteiger partial charge in [-0.05, 0) is 37.3 Å². The van der Waals surface area contributed by atoms with Crippen molar-refractivity contribution in [3.8, 4) is 5.69 Å². The molecule has 0 saturated heterocycles. The third kappa shape index (κ3) is 2.07. The highest BCUT2D eigenvalue weighted by Gasteiger charge is 2.19. The zero-order valence-corrected chi connectivity index (χ0v) is 11.7. The van der Waals surface area contributed by atoms with Crippen LogP contribution in [-0.2, 0) is 0 Å². The van der Waals surface area contributed by atoms with Gasteiger partial charge < -0.3 is 5.11 Å². The topological polar surface area (TPSA) is 59.3 Å². The molecule has 0 amide bonds. The molecule has 3 aromatic rings. The summed E-state index contributed by atoms with van der Waals surface area (Å²) in [7, 11) is 0. The van der Waals surface area contributed by atoms with Gasteiger partial charge in [-0.25, -0.2) is 9.18 Å². The van der Waals surface area contributed by atoms with Crippen LogP contribution in [0.25, 0.3) is 16.5 Å². The Morgan fingerprint density at radius 1 is 1.09 bits per heavy atom. The van der Waals surface area contributed by atoms with Gasteiger partial charge in [0, 0.05) is 22.2 Å². The first kappa shape index (κ1) is 14.0. The number of pyridine rings is 1. The van der Waals surface area contributed by atoms with Crippen LogP contribution in [0.1, 0.15) is 16.1 Å². The monoisotopic (exact) mass is 297 g/mol. The molecule has 0 aliphatic heterocycles. The largest absolute Gasteiger partial charge is 0.478 e. The molecule has 0 atom stereocenters. The van der Waals surface area contributed by atoms with Crippen molar-refractivity contribution in [2.24, 2.45) is 0 Å². The van der Waals surface area contributed by atoms with Crippen LogP contribution < -0.4 is 5.56 Å². The zero-order valence-electron chi connectivity index (χ0n) is 11.7. The normalized spacial score (nSPS) is 10.8. The predicted octanol–water partition coefficient (Wildman–Crippen LogP) is 3.14. The number of aromatic carboxylic acids is 1. The number of para-hydroxylation sites is 1. The van der Waals surface area contributed by atoms with Crippen LogP contribution in [0.15, 0.2) is 53.3 Å². The van der Waals surface area contributed by atoms with Crippen molar-refractivity contribution < 1.29 is 14.3 Å². The highest BCUT2D eigenvalue weighted by molar-refractivity contribution is 6.04. The first-order valence-electron chi connectivity index (χ1n) is 6.64. The maximum absolute atomic E-state index is 13.5. The minimum Gasteiger partial charge on any atom is -0.478 e. The number of nitrogens with zero attached hydrogens (tertiary/aromatic N) is 1. The summed E-state index contributed by atoms with van der Waals surface area (Å²) in [5.74, 6) is -1.77. The molecule has 110 valence electrons. The Morgan fingerprint density at radius 2 is 1.77 bits per heavy atom. The number of carboxylic acid groups (broad SMARTS) is 1. The van der Waals surface area contributed by atoms with Gasteiger partial charge in [-0.3, -0.25) is 9.36 Å². The molecular weight excluding hydrogens is 285 g/mol. The fourth-order valence-electron chi connectivity index (χ4n) is 2.65. The van der Waals surface area contributed by atoms with Crippen LogP contribution in [0.5, 0.6) is 0 Å². The number of hydrogen-bond donors (Lipinski definition) is 1. The fraction of sp³-hybridized carbons (Fsp3) is 0.0588. The lowest BCUT2D eigenvalue weighted by atomic mass is 10.0. The Morgan fingerprint density at radius 3 is 2.41 bits per heavy atom. The van der Waals surface area contributed by atoms with Gasteiger partial charge >= 0.3 is 5.97 Å².